The number of aliphatic imine (C=N–C) groups is 2. The molecule has 0 bridgehead atoms. The summed E-state index contributed by atoms with van der Waals surface area (Å²) in [6.45, 7) is 0. The van der Waals surface area contributed by atoms with Gasteiger partial charge in [0.1, 0.15) is 11.1 Å². The molecule has 0 saturated heterocycles. The molecule has 293 valence electrons. The molecule has 2 heterocycles. The van der Waals surface area contributed by atoms with Crippen molar-refractivity contribution in [2.24, 2.45) is 9.98 Å². The largest absolute Gasteiger partial charge is 2.00 e. The van der Waals surface area contributed by atoms with Gasteiger partial charge in [-0.1, -0.05) is 121 Å². The fourth-order valence-electron chi connectivity index (χ4n) is 5.04. The van der Waals surface area contributed by atoms with Crippen LogP contribution < -0.4 is 10.6 Å². The van der Waals surface area contributed by atoms with Gasteiger partial charge in [0, 0.05) is 58.5 Å². The molecule has 55 heavy (non-hydrogen) atoms. The number of ether oxygens (including phenoxy) is 2. The number of amidine groups is 2. The summed E-state index contributed by atoms with van der Waals surface area (Å²) in [6, 6.07) is 36.6. The third-order valence-electron chi connectivity index (χ3n) is 7.21. The van der Waals surface area contributed by atoms with E-state index in [0.29, 0.717) is 0 Å². The number of nitrogens with one attached hydrogen (secondary N) is 4. The predicted octanol–water partition coefficient (Wildman–Crippen LogP) is 4.73. The second kappa shape index (κ2) is 22.0. The zero-order valence-corrected chi connectivity index (χ0v) is 33.5. The van der Waals surface area contributed by atoms with Gasteiger partial charge in [0.15, 0.2) is 0 Å². The summed E-state index contributed by atoms with van der Waals surface area (Å²) in [4.78, 5) is 34.5. The summed E-state index contributed by atoms with van der Waals surface area (Å²) in [5, 5.41) is 28.1. The number of benzene rings is 4. The summed E-state index contributed by atoms with van der Waals surface area (Å²) in [6.07, 6.45) is 6.56. The van der Waals surface area contributed by atoms with Crippen molar-refractivity contribution in [3.8, 4) is 0 Å². The maximum atomic E-state index is 12.7. The molecule has 4 aromatic carbocycles. The van der Waals surface area contributed by atoms with Gasteiger partial charge in [-0.25, -0.2) is 0 Å². The number of nitrogens with zero attached hydrogens (tertiary/aromatic N) is 4. The fraction of sp³-hybridized carbons (Fsp3) is 0.211. The number of methoxy groups -OCH3 is 2. The van der Waals surface area contributed by atoms with Crippen molar-refractivity contribution in [1.29, 1.82) is 10.8 Å². The van der Waals surface area contributed by atoms with Gasteiger partial charge < -0.3 is 40.7 Å². The van der Waals surface area contributed by atoms with E-state index in [-0.39, 0.29) is 41.0 Å². The predicted molar refractivity (Wildman–Crippen MR) is 215 cm³/mol. The monoisotopic (exact) mass is 833 g/mol. The molecule has 17 heteroatoms. The molecule has 14 nitrogen and oxygen atoms in total. The number of guanidine groups is 2. The molecule has 0 atom stereocenters. The van der Waals surface area contributed by atoms with E-state index in [4.69, 9.17) is 20.3 Å². The van der Waals surface area contributed by atoms with Crippen LogP contribution in [0.3, 0.4) is 0 Å². The first kappa shape index (κ1) is 45.7. The van der Waals surface area contributed by atoms with Crippen molar-refractivity contribution < 1.29 is 44.5 Å². The molecule has 4 aromatic rings. The Kier molecular flexibility index (Phi) is 18.3. The molecule has 0 aromatic heterocycles. The molecule has 0 aliphatic carbocycles. The minimum atomic E-state index is -1.24. The maximum absolute atomic E-state index is 12.7. The Balaban J connectivity index is 0.000000314. The van der Waals surface area contributed by atoms with Crippen LogP contribution in [0.25, 0.3) is 10.6 Å². The molecule has 0 spiro atoms. The van der Waals surface area contributed by atoms with Gasteiger partial charge in [-0.2, -0.15) is 0 Å². The summed E-state index contributed by atoms with van der Waals surface area (Å²) in [5.41, 5.74) is 0.417. The van der Waals surface area contributed by atoms with Crippen molar-refractivity contribution in [2.75, 3.05) is 39.2 Å². The minimum Gasteiger partial charge on any atom is -0.479 e. The van der Waals surface area contributed by atoms with Crippen LogP contribution in [0.15, 0.2) is 131 Å². The topological polar surface area (TPSA) is 211 Å². The Morgan fingerprint density at radius 2 is 0.764 bits per heavy atom. The van der Waals surface area contributed by atoms with Crippen molar-refractivity contribution in [2.45, 2.75) is 11.1 Å². The molecule has 0 unspecified atom stereocenters. The molecular weight excluding hydrogens is 792 g/mol. The number of amides is 2. The van der Waals surface area contributed by atoms with Crippen LogP contribution in [0, 0.1) is 10.8 Å². The van der Waals surface area contributed by atoms with Crippen LogP contribution >= 0.6 is 0 Å². The van der Waals surface area contributed by atoms with E-state index < -0.39 is 44.5 Å². The zero-order chi connectivity index (χ0) is 39.7. The van der Waals surface area contributed by atoms with Gasteiger partial charge in [-0.05, 0) is 22.3 Å². The third kappa shape index (κ3) is 12.3. The molecule has 2 aliphatic rings. The van der Waals surface area contributed by atoms with E-state index in [9.17, 15) is 18.0 Å². The first-order valence-electron chi connectivity index (χ1n) is 16.0. The Morgan fingerprint density at radius 1 is 0.545 bits per heavy atom. The van der Waals surface area contributed by atoms with Crippen molar-refractivity contribution >= 4 is 57.4 Å². The molecule has 0 saturated carbocycles. The van der Waals surface area contributed by atoms with E-state index in [1.807, 2.05) is 121 Å². The van der Waals surface area contributed by atoms with Crippen LogP contribution in [0.5, 0.6) is 0 Å². The second-order valence-electron chi connectivity index (χ2n) is 11.4. The zero-order valence-electron chi connectivity index (χ0n) is 30.9. The second-order valence-corrected chi connectivity index (χ2v) is 14.4. The van der Waals surface area contributed by atoms with Crippen LogP contribution in [0.2, 0.25) is 0 Å². The van der Waals surface area contributed by atoms with Crippen LogP contribution in [0.1, 0.15) is 22.3 Å². The van der Waals surface area contributed by atoms with E-state index >= 15 is 0 Å². The average Bonchev–Trinajstić information content (AvgIpc) is 3.68. The molecule has 2 amide bonds. The van der Waals surface area contributed by atoms with Crippen LogP contribution in [-0.4, -0.2) is 83.4 Å². The normalized spacial score (nSPS) is 14.3. The van der Waals surface area contributed by atoms with Gasteiger partial charge >= 0.3 is 17.1 Å². The molecular formula is C38H42CuN8O6S2. The summed E-state index contributed by atoms with van der Waals surface area (Å²) in [5.74, 6) is -0.674. The Labute approximate surface area is 336 Å². The average molecular weight is 834 g/mol. The summed E-state index contributed by atoms with van der Waals surface area (Å²) >= 11 is 0. The van der Waals surface area contributed by atoms with Crippen molar-refractivity contribution in [3.05, 3.63) is 154 Å². The van der Waals surface area contributed by atoms with Crippen LogP contribution in [0.4, 0.5) is 0 Å². The first-order chi connectivity index (χ1) is 25.8. The van der Waals surface area contributed by atoms with Gasteiger partial charge in [0.05, 0.1) is 14.2 Å². The number of carbonyl (C=O) groups is 2. The van der Waals surface area contributed by atoms with Crippen molar-refractivity contribution in [1.82, 2.24) is 10.6 Å². The maximum Gasteiger partial charge on any atom is 2.00 e. The van der Waals surface area contributed by atoms with E-state index in [0.717, 1.165) is 22.3 Å². The van der Waals surface area contributed by atoms with E-state index in [1.54, 1.807) is 25.0 Å². The number of hydrogen-bond acceptors (Lipinski definition) is 10. The van der Waals surface area contributed by atoms with Gasteiger partial charge in [-0.3, -0.25) is 28.8 Å². The van der Waals surface area contributed by atoms with Crippen LogP contribution in [-0.2, 0) is 68.8 Å². The smallest absolute Gasteiger partial charge is 0.479 e. The molecule has 0 fully saturated rings. The number of hydrogen-bond donors (Lipinski definition) is 4. The molecule has 6 rings (SSSR count). The first-order valence-corrected chi connectivity index (χ1v) is 20.0. The third-order valence-corrected chi connectivity index (χ3v) is 7.21. The number of rotatable bonds is 4. The molecule has 4 N–H and O–H groups in total. The standard InChI is InChI=1S/2C17H16N4O2.2C2H6OS.Cu/c2*1-23-15(18)20-16-19-14(22)17(21-16,12-8-4-2-5-9-12)13-10-6-3-7-11-13;2*1-4(2)3;/h2*2-11H,1H3,(H3,18,19,20,21,22);2*1-2H3;/q;;;;+2/p-2. The van der Waals surface area contributed by atoms with E-state index in [1.165, 1.54) is 14.2 Å². The SMILES string of the molecule is COC(=N)NC1=NC(c2ccccc2)(c2ccccc2)C(=O)[N-]1.COC(=N)NC1=NC(c2ccccc2)(c2ccccc2)C(=O)[N-]1.CS(C)=O.CS(C)=O.[Cu+2]. The number of carbonyl (C=O) groups excluding carboxylic acids is 2. The van der Waals surface area contributed by atoms with Gasteiger partial charge in [0.25, 0.3) is 0 Å². The fourth-order valence-corrected chi connectivity index (χ4v) is 5.04. The van der Waals surface area contributed by atoms with Gasteiger partial charge in [-0.15, -0.1) is 0 Å². The molecule has 1 radical (unpaired) electrons. The van der Waals surface area contributed by atoms with E-state index in [2.05, 4.69) is 31.3 Å². The Hall–Kier alpha value is -5.48. The molecule has 2 aliphatic heterocycles. The summed E-state index contributed by atoms with van der Waals surface area (Å²) in [7, 11) is 1.49. The van der Waals surface area contributed by atoms with Crippen molar-refractivity contribution in [3.63, 3.8) is 0 Å². The Bertz CT molecular complexity index is 1770. The minimum absolute atomic E-state index is 0. The summed E-state index contributed by atoms with van der Waals surface area (Å²) < 4.78 is 28.6. The quantitative estimate of drug-likeness (QED) is 0.128. The Morgan fingerprint density at radius 3 is 0.964 bits per heavy atom. The van der Waals surface area contributed by atoms with Gasteiger partial charge in [0.2, 0.25) is 23.9 Å².